The van der Waals surface area contributed by atoms with E-state index in [0.29, 0.717) is 25.4 Å². The van der Waals surface area contributed by atoms with Crippen molar-refractivity contribution in [2.75, 3.05) is 13.2 Å². The highest BCUT2D eigenvalue weighted by Gasteiger charge is 2.47. The number of hydrogen-bond donors (Lipinski definition) is 1. The number of ether oxygens (including phenoxy) is 1. The fourth-order valence-electron chi connectivity index (χ4n) is 3.32. The Bertz CT molecular complexity index is 756. The summed E-state index contributed by atoms with van der Waals surface area (Å²) in [6, 6.07) is 7.93. The highest BCUT2D eigenvalue weighted by atomic mass is 16.5. The highest BCUT2D eigenvalue weighted by Crippen LogP contribution is 2.30. The molecule has 1 fully saturated rings. The lowest BCUT2D eigenvalue weighted by atomic mass is 9.96. The molecule has 0 aromatic heterocycles. The first-order chi connectivity index (χ1) is 13.0. The van der Waals surface area contributed by atoms with Gasteiger partial charge in [0.2, 0.25) is 0 Å². The Balaban J connectivity index is 1.77. The van der Waals surface area contributed by atoms with Crippen molar-refractivity contribution in [3.63, 3.8) is 0 Å². The van der Waals surface area contributed by atoms with Crippen molar-refractivity contribution in [3.05, 3.63) is 59.5 Å². The van der Waals surface area contributed by atoms with Crippen molar-refractivity contribution in [1.29, 1.82) is 0 Å². The average molecular weight is 369 g/mol. The summed E-state index contributed by atoms with van der Waals surface area (Å²) in [5, 5.41) is 1.78. The number of allylic oxidation sites excluding steroid dienone is 1. The maximum absolute atomic E-state index is 13.1. The molecule has 0 saturated carbocycles. The molecule has 2 aliphatic heterocycles. The molecule has 6 nitrogen and oxygen atoms in total. The molecular weight excluding hydrogens is 342 g/mol. The molecular formula is C21H27N3O3. The second-order valence-corrected chi connectivity index (χ2v) is 7.34. The van der Waals surface area contributed by atoms with Crippen LogP contribution in [0, 0.1) is 6.92 Å². The summed E-state index contributed by atoms with van der Waals surface area (Å²) in [7, 11) is 0. The number of carbonyl (C=O) groups excluding carboxylic acids is 2. The number of amides is 1. The van der Waals surface area contributed by atoms with Gasteiger partial charge in [0.05, 0.1) is 18.8 Å². The zero-order valence-electron chi connectivity index (χ0n) is 16.1. The van der Waals surface area contributed by atoms with Crippen LogP contribution in [0.25, 0.3) is 0 Å². The molecule has 2 unspecified atom stereocenters. The second-order valence-electron chi connectivity index (χ2n) is 7.34. The molecule has 0 bridgehead atoms. The SMILES string of the molecule is CC/C=C\OCC1C=C2C(=O)N(Cc3ccc(C)cc3)C(C)(C=O)CN2N1. The van der Waals surface area contributed by atoms with Crippen molar-refractivity contribution >= 4 is 12.2 Å². The molecule has 2 aliphatic rings. The lowest BCUT2D eigenvalue weighted by Crippen LogP contribution is -2.64. The van der Waals surface area contributed by atoms with Crippen LogP contribution in [0.5, 0.6) is 0 Å². The summed E-state index contributed by atoms with van der Waals surface area (Å²) < 4.78 is 5.50. The Morgan fingerprint density at radius 3 is 2.74 bits per heavy atom. The predicted octanol–water partition coefficient (Wildman–Crippen LogP) is 2.31. The van der Waals surface area contributed by atoms with Crippen molar-refractivity contribution in [2.24, 2.45) is 0 Å². The largest absolute Gasteiger partial charge is 0.499 e. The minimum atomic E-state index is -0.899. The van der Waals surface area contributed by atoms with Gasteiger partial charge < -0.3 is 14.4 Å². The van der Waals surface area contributed by atoms with Crippen LogP contribution in [0.3, 0.4) is 0 Å². The van der Waals surface area contributed by atoms with Gasteiger partial charge in [-0.05, 0) is 31.9 Å². The van der Waals surface area contributed by atoms with E-state index < -0.39 is 5.54 Å². The standard InChI is InChI=1S/C21H27N3O3/c1-4-5-10-27-13-18-11-19-20(26)23(12-17-8-6-16(2)7-9-17)21(3,15-25)14-24(19)22-18/h5-11,15,18,22H,4,12-14H2,1-3H3/b10-5-. The molecule has 144 valence electrons. The van der Waals surface area contributed by atoms with Crippen LogP contribution in [0.2, 0.25) is 0 Å². The second kappa shape index (κ2) is 7.96. The maximum Gasteiger partial charge on any atom is 0.272 e. The van der Waals surface area contributed by atoms with E-state index in [1.807, 2.05) is 50.3 Å². The molecule has 1 N–H and O–H groups in total. The summed E-state index contributed by atoms with van der Waals surface area (Å²) in [4.78, 5) is 26.7. The van der Waals surface area contributed by atoms with Crippen LogP contribution >= 0.6 is 0 Å². The third kappa shape index (κ3) is 4.06. The van der Waals surface area contributed by atoms with E-state index in [4.69, 9.17) is 4.74 Å². The van der Waals surface area contributed by atoms with Gasteiger partial charge in [-0.25, -0.2) is 5.43 Å². The van der Waals surface area contributed by atoms with E-state index >= 15 is 0 Å². The Kier molecular flexibility index (Phi) is 5.65. The van der Waals surface area contributed by atoms with Crippen LogP contribution < -0.4 is 5.43 Å². The van der Waals surface area contributed by atoms with E-state index in [0.717, 1.165) is 23.8 Å². The quantitative estimate of drug-likeness (QED) is 0.590. The van der Waals surface area contributed by atoms with E-state index in [1.165, 1.54) is 0 Å². The van der Waals surface area contributed by atoms with Crippen molar-refractivity contribution in [3.8, 4) is 0 Å². The zero-order chi connectivity index (χ0) is 19.4. The molecule has 0 radical (unpaired) electrons. The predicted molar refractivity (Wildman–Crippen MR) is 103 cm³/mol. The van der Waals surface area contributed by atoms with Crippen LogP contribution in [0.4, 0.5) is 0 Å². The van der Waals surface area contributed by atoms with Crippen LogP contribution in [-0.2, 0) is 20.9 Å². The molecule has 0 spiro atoms. The Hall–Kier alpha value is -2.60. The number of benzene rings is 1. The van der Waals surface area contributed by atoms with Gasteiger partial charge in [0, 0.05) is 6.54 Å². The number of hydrogen-bond acceptors (Lipinski definition) is 5. The van der Waals surface area contributed by atoms with Gasteiger partial charge in [-0.2, -0.15) is 0 Å². The number of nitrogens with zero attached hydrogens (tertiary/aromatic N) is 2. The maximum atomic E-state index is 13.1. The number of aryl methyl sites for hydroxylation is 1. The number of fused-ring (bicyclic) bond motifs is 1. The molecule has 3 rings (SSSR count). The van der Waals surface area contributed by atoms with Crippen LogP contribution in [0.15, 0.2) is 48.4 Å². The number of hydrazine groups is 1. The molecule has 1 aromatic carbocycles. The summed E-state index contributed by atoms with van der Waals surface area (Å²) in [5.74, 6) is -0.143. The zero-order valence-corrected chi connectivity index (χ0v) is 16.1. The lowest BCUT2D eigenvalue weighted by molar-refractivity contribution is -0.146. The summed E-state index contributed by atoms with van der Waals surface area (Å²) in [6.45, 7) is 7.10. The normalized spacial score (nSPS) is 24.9. The highest BCUT2D eigenvalue weighted by molar-refractivity contribution is 5.97. The van der Waals surface area contributed by atoms with Gasteiger partial charge >= 0.3 is 0 Å². The van der Waals surface area contributed by atoms with E-state index in [2.05, 4.69) is 5.43 Å². The Labute approximate surface area is 160 Å². The smallest absolute Gasteiger partial charge is 0.272 e. The molecule has 27 heavy (non-hydrogen) atoms. The number of carbonyl (C=O) groups is 2. The van der Waals surface area contributed by atoms with Gasteiger partial charge in [0.25, 0.3) is 5.91 Å². The van der Waals surface area contributed by atoms with Crippen LogP contribution in [0.1, 0.15) is 31.4 Å². The van der Waals surface area contributed by atoms with Gasteiger partial charge in [0.1, 0.15) is 24.1 Å². The summed E-state index contributed by atoms with van der Waals surface area (Å²) in [5.41, 5.74) is 5.11. The van der Waals surface area contributed by atoms with Crippen molar-refractivity contribution < 1.29 is 14.3 Å². The average Bonchev–Trinajstić information content (AvgIpc) is 3.06. The molecule has 1 saturated heterocycles. The van der Waals surface area contributed by atoms with Gasteiger partial charge in [-0.3, -0.25) is 9.80 Å². The minimum absolute atomic E-state index is 0.0966. The topological polar surface area (TPSA) is 61.9 Å². The molecule has 2 heterocycles. The Morgan fingerprint density at radius 1 is 1.33 bits per heavy atom. The number of piperazine rings is 1. The first kappa shape index (κ1) is 19.2. The third-order valence-electron chi connectivity index (χ3n) is 4.95. The third-order valence-corrected chi connectivity index (χ3v) is 4.95. The first-order valence-corrected chi connectivity index (χ1v) is 9.33. The Morgan fingerprint density at radius 2 is 2.07 bits per heavy atom. The molecule has 6 heteroatoms. The molecule has 1 aromatic rings. The number of rotatable bonds is 7. The van der Waals surface area contributed by atoms with E-state index in [9.17, 15) is 9.59 Å². The van der Waals surface area contributed by atoms with Gasteiger partial charge in [-0.15, -0.1) is 0 Å². The summed E-state index contributed by atoms with van der Waals surface area (Å²) in [6.07, 6.45) is 7.28. The molecule has 1 amide bonds. The van der Waals surface area contributed by atoms with Gasteiger partial charge in [-0.1, -0.05) is 42.8 Å². The fourth-order valence-corrected chi connectivity index (χ4v) is 3.32. The lowest BCUT2D eigenvalue weighted by Gasteiger charge is -2.45. The van der Waals surface area contributed by atoms with E-state index in [1.54, 1.807) is 23.1 Å². The molecule has 2 atom stereocenters. The van der Waals surface area contributed by atoms with Crippen molar-refractivity contribution in [2.45, 2.75) is 45.3 Å². The van der Waals surface area contributed by atoms with Crippen molar-refractivity contribution in [1.82, 2.24) is 15.3 Å². The van der Waals surface area contributed by atoms with E-state index in [-0.39, 0.29) is 11.9 Å². The first-order valence-electron chi connectivity index (χ1n) is 9.33. The van der Waals surface area contributed by atoms with Crippen LogP contribution in [-0.4, -0.2) is 46.8 Å². The molecule has 0 aliphatic carbocycles. The summed E-state index contributed by atoms with van der Waals surface area (Å²) >= 11 is 0. The number of nitrogens with one attached hydrogen (secondary N) is 1. The van der Waals surface area contributed by atoms with Gasteiger partial charge in [0.15, 0.2) is 0 Å². The monoisotopic (exact) mass is 369 g/mol. The minimum Gasteiger partial charge on any atom is -0.499 e. The number of aldehydes is 1. The fraction of sp³-hybridized carbons (Fsp3) is 0.429.